The number of carbonyl (C=O) groups is 1. The molecule has 36 heavy (non-hydrogen) atoms. The zero-order chi connectivity index (χ0) is 25.3. The van der Waals surface area contributed by atoms with Crippen LogP contribution in [0.3, 0.4) is 0 Å². The first-order valence-electron chi connectivity index (χ1n) is 11.8. The van der Waals surface area contributed by atoms with Gasteiger partial charge in [0.25, 0.3) is 5.91 Å². The minimum absolute atomic E-state index is 0.132. The summed E-state index contributed by atoms with van der Waals surface area (Å²) in [4.78, 5) is 23.9. The number of nitrogens with zero attached hydrogens (tertiary/aromatic N) is 2. The normalized spacial score (nSPS) is 12.8. The van der Waals surface area contributed by atoms with E-state index in [1.165, 1.54) is 0 Å². The van der Waals surface area contributed by atoms with Crippen LogP contribution in [0.25, 0.3) is 0 Å². The molecule has 0 aliphatic carbocycles. The Morgan fingerprint density at radius 2 is 1.69 bits per heavy atom. The molecule has 0 bridgehead atoms. The predicted octanol–water partition coefficient (Wildman–Crippen LogP) is 7.21. The van der Waals surface area contributed by atoms with Crippen molar-refractivity contribution in [2.24, 2.45) is 4.99 Å². The van der Waals surface area contributed by atoms with Crippen molar-refractivity contribution in [1.82, 2.24) is 10.3 Å². The van der Waals surface area contributed by atoms with Gasteiger partial charge in [0.2, 0.25) is 0 Å². The first kappa shape index (κ1) is 25.5. The molecule has 0 fully saturated rings. The Morgan fingerprint density at radius 1 is 0.944 bits per heavy atom. The second-order valence-corrected chi connectivity index (χ2v) is 9.28. The highest BCUT2D eigenvalue weighted by Crippen LogP contribution is 2.39. The van der Waals surface area contributed by atoms with Crippen LogP contribution < -0.4 is 10.6 Å². The Kier molecular flexibility index (Phi) is 8.76. The summed E-state index contributed by atoms with van der Waals surface area (Å²) in [5.74, 6) is 0.638. The molecule has 0 atom stereocenters. The number of hydrogen-bond donors (Lipinski definition) is 2. The number of amides is 1. The van der Waals surface area contributed by atoms with E-state index in [4.69, 9.17) is 16.6 Å². The molecular formula is C29H27ClN4OS. The van der Waals surface area contributed by atoms with Gasteiger partial charge in [0.1, 0.15) is 5.84 Å². The van der Waals surface area contributed by atoms with Gasteiger partial charge in [-0.1, -0.05) is 67.5 Å². The number of nitrogens with one attached hydrogen (secondary N) is 2. The number of fused-ring (bicyclic) bond motifs is 2. The molecule has 182 valence electrons. The maximum atomic E-state index is 12.8. The molecule has 0 radical (unpaired) electrons. The number of rotatable bonds is 5. The third-order valence-corrected chi connectivity index (χ3v) is 6.80. The second kappa shape index (κ2) is 12.4. The molecule has 1 aliphatic heterocycles. The van der Waals surface area contributed by atoms with Crippen molar-refractivity contribution in [3.63, 3.8) is 0 Å². The lowest BCUT2D eigenvalue weighted by Gasteiger charge is -2.12. The number of aliphatic imine (C=N–C) groups is 1. The summed E-state index contributed by atoms with van der Waals surface area (Å²) in [5.41, 5.74) is 4.54. The van der Waals surface area contributed by atoms with E-state index in [-0.39, 0.29) is 5.91 Å². The van der Waals surface area contributed by atoms with Crippen LogP contribution in [0.1, 0.15) is 40.9 Å². The van der Waals surface area contributed by atoms with E-state index in [1.54, 1.807) is 24.2 Å². The molecule has 1 aromatic heterocycles. The van der Waals surface area contributed by atoms with Gasteiger partial charge in [0.05, 0.1) is 12.2 Å². The van der Waals surface area contributed by atoms with Crippen LogP contribution in [-0.4, -0.2) is 16.7 Å². The van der Waals surface area contributed by atoms with E-state index in [1.807, 2.05) is 80.6 Å². The van der Waals surface area contributed by atoms with Gasteiger partial charge in [-0.2, -0.15) is 0 Å². The summed E-state index contributed by atoms with van der Waals surface area (Å²) in [5, 5.41) is 7.16. The number of amidine groups is 1. The molecule has 4 aromatic rings. The van der Waals surface area contributed by atoms with Crippen molar-refractivity contribution in [3.8, 4) is 0 Å². The minimum atomic E-state index is -0.132. The third-order valence-electron chi connectivity index (χ3n) is 5.39. The van der Waals surface area contributed by atoms with Gasteiger partial charge in [-0.05, 0) is 59.7 Å². The number of pyridine rings is 1. The molecule has 0 spiro atoms. The van der Waals surface area contributed by atoms with Crippen LogP contribution >= 0.6 is 23.4 Å². The van der Waals surface area contributed by atoms with Crippen molar-refractivity contribution in [2.75, 3.05) is 5.32 Å². The lowest BCUT2D eigenvalue weighted by molar-refractivity contribution is 0.0951. The molecule has 0 saturated heterocycles. The monoisotopic (exact) mass is 514 g/mol. The molecule has 2 N–H and O–H groups in total. The van der Waals surface area contributed by atoms with Gasteiger partial charge in [-0.15, -0.1) is 0 Å². The summed E-state index contributed by atoms with van der Waals surface area (Å²) in [6.45, 7) is 4.96. The number of carbonyl (C=O) groups excluding carboxylic acids is 1. The standard InChI is InChI=1S/C27H21ClN4OS.C2H6/c28-21-8-5-18(6-9-21)16-30-26-22-3-1-2-4-24(22)34-25-10-7-20(15-23(25)32-26)27(33)31-17-19-11-13-29-14-12-19;1-2/h1-15H,16-17H2,(H,30,32)(H,31,33);1-2H3. The Balaban J connectivity index is 0.00000148. The van der Waals surface area contributed by atoms with Crippen molar-refractivity contribution in [2.45, 2.75) is 36.7 Å². The molecule has 3 aromatic carbocycles. The number of halogens is 1. The molecule has 1 aliphatic rings. The van der Waals surface area contributed by atoms with Crippen LogP contribution in [0.2, 0.25) is 5.02 Å². The van der Waals surface area contributed by atoms with Crippen LogP contribution in [0.5, 0.6) is 0 Å². The second-order valence-electron chi connectivity index (χ2n) is 7.76. The van der Waals surface area contributed by atoms with E-state index < -0.39 is 0 Å². The summed E-state index contributed by atoms with van der Waals surface area (Å²) in [6.07, 6.45) is 3.43. The van der Waals surface area contributed by atoms with E-state index in [2.05, 4.69) is 27.8 Å². The lowest BCUT2D eigenvalue weighted by atomic mass is 10.1. The fraction of sp³-hybridized carbons (Fsp3) is 0.138. The number of hydrogen-bond acceptors (Lipinski definition) is 4. The van der Waals surface area contributed by atoms with Crippen LogP contribution in [0.15, 0.2) is 106 Å². The average Bonchev–Trinajstić information content (AvgIpc) is 3.09. The highest BCUT2D eigenvalue weighted by Gasteiger charge is 2.19. The topological polar surface area (TPSA) is 66.4 Å². The maximum absolute atomic E-state index is 12.8. The Bertz CT molecular complexity index is 1360. The quantitative estimate of drug-likeness (QED) is 0.295. The maximum Gasteiger partial charge on any atom is 0.251 e. The average molecular weight is 515 g/mol. The fourth-order valence-corrected chi connectivity index (χ4v) is 4.73. The highest BCUT2D eigenvalue weighted by atomic mass is 35.5. The van der Waals surface area contributed by atoms with Crippen molar-refractivity contribution >= 4 is 40.8 Å². The van der Waals surface area contributed by atoms with Gasteiger partial charge >= 0.3 is 0 Å². The van der Waals surface area contributed by atoms with Crippen molar-refractivity contribution in [3.05, 3.63) is 119 Å². The van der Waals surface area contributed by atoms with Gasteiger partial charge in [-0.25, -0.2) is 0 Å². The Morgan fingerprint density at radius 3 is 2.47 bits per heavy atom. The molecule has 7 heteroatoms. The lowest BCUT2D eigenvalue weighted by Crippen LogP contribution is -2.23. The molecule has 5 nitrogen and oxygen atoms in total. The summed E-state index contributed by atoms with van der Waals surface area (Å²) in [7, 11) is 0. The Labute approximate surface area is 221 Å². The van der Waals surface area contributed by atoms with Crippen LogP contribution in [0, 0.1) is 0 Å². The van der Waals surface area contributed by atoms with Gasteiger partial charge in [-0.3, -0.25) is 14.8 Å². The molecule has 2 heterocycles. The third kappa shape index (κ3) is 6.33. The van der Waals surface area contributed by atoms with Crippen LogP contribution in [0.4, 0.5) is 5.69 Å². The van der Waals surface area contributed by atoms with E-state index in [0.29, 0.717) is 23.7 Å². The van der Waals surface area contributed by atoms with Crippen LogP contribution in [-0.2, 0) is 13.1 Å². The zero-order valence-corrected chi connectivity index (χ0v) is 21.7. The Hall–Kier alpha value is -3.61. The van der Waals surface area contributed by atoms with Gasteiger partial charge in [0, 0.05) is 44.9 Å². The first-order valence-corrected chi connectivity index (χ1v) is 13.0. The zero-order valence-electron chi connectivity index (χ0n) is 20.2. The summed E-state index contributed by atoms with van der Waals surface area (Å²) < 4.78 is 0. The SMILES string of the molecule is CC.O=C(NCc1ccncc1)c1ccc2c(c1)NC(=NCc1ccc(Cl)cc1)c1ccccc1S2. The number of anilines is 1. The minimum Gasteiger partial charge on any atom is -0.348 e. The van der Waals surface area contributed by atoms with E-state index >= 15 is 0 Å². The predicted molar refractivity (Wildman–Crippen MR) is 149 cm³/mol. The molecule has 1 amide bonds. The number of aromatic nitrogens is 1. The van der Waals surface area contributed by atoms with Crippen molar-refractivity contribution < 1.29 is 4.79 Å². The molecular weight excluding hydrogens is 488 g/mol. The van der Waals surface area contributed by atoms with Crippen molar-refractivity contribution in [1.29, 1.82) is 0 Å². The van der Waals surface area contributed by atoms with Gasteiger partial charge < -0.3 is 10.6 Å². The number of benzene rings is 3. The smallest absolute Gasteiger partial charge is 0.251 e. The molecule has 0 saturated carbocycles. The van der Waals surface area contributed by atoms with E-state index in [9.17, 15) is 4.79 Å². The molecule has 5 rings (SSSR count). The molecule has 0 unspecified atom stereocenters. The van der Waals surface area contributed by atoms with Gasteiger partial charge in [0.15, 0.2) is 0 Å². The largest absolute Gasteiger partial charge is 0.348 e. The fourth-order valence-electron chi connectivity index (χ4n) is 3.59. The summed E-state index contributed by atoms with van der Waals surface area (Å²) in [6, 6.07) is 25.4. The van der Waals surface area contributed by atoms with E-state index in [0.717, 1.165) is 38.0 Å². The summed E-state index contributed by atoms with van der Waals surface area (Å²) >= 11 is 7.68. The highest BCUT2D eigenvalue weighted by molar-refractivity contribution is 7.99. The first-order chi connectivity index (χ1) is 17.7.